The maximum absolute atomic E-state index is 10.7. The Labute approximate surface area is 100 Å². The molecule has 5 nitrogen and oxygen atoms in total. The molecule has 2 heterocycles. The van der Waals surface area contributed by atoms with E-state index < -0.39 is 6.09 Å². The second-order valence-corrected chi connectivity index (χ2v) is 4.60. The second kappa shape index (κ2) is 5.03. The van der Waals surface area contributed by atoms with E-state index in [4.69, 9.17) is 5.11 Å². The van der Waals surface area contributed by atoms with Crippen LogP contribution < -0.4 is 10.2 Å². The Kier molecular flexibility index (Phi) is 3.46. The molecule has 1 aromatic heterocycles. The van der Waals surface area contributed by atoms with Gasteiger partial charge in [0.1, 0.15) is 0 Å². The molecule has 1 saturated heterocycles. The molecule has 1 aliphatic rings. The number of pyridine rings is 1. The number of hydrogen-bond acceptors (Lipinski definition) is 3. The third-order valence-electron chi connectivity index (χ3n) is 3.00. The van der Waals surface area contributed by atoms with Gasteiger partial charge in [-0.3, -0.25) is 4.98 Å². The van der Waals surface area contributed by atoms with Crippen LogP contribution in [0.15, 0.2) is 24.5 Å². The maximum Gasteiger partial charge on any atom is 0.404 e. The van der Waals surface area contributed by atoms with Crippen LogP contribution in [0.1, 0.15) is 13.3 Å². The van der Waals surface area contributed by atoms with Crippen LogP contribution in [-0.2, 0) is 0 Å². The first kappa shape index (κ1) is 11.7. The van der Waals surface area contributed by atoms with Crippen molar-refractivity contribution in [1.82, 2.24) is 10.3 Å². The van der Waals surface area contributed by atoms with Crippen LogP contribution >= 0.6 is 0 Å². The number of hydrogen-bond donors (Lipinski definition) is 2. The van der Waals surface area contributed by atoms with Gasteiger partial charge in [0.25, 0.3) is 0 Å². The summed E-state index contributed by atoms with van der Waals surface area (Å²) in [6.07, 6.45) is 3.50. The fraction of sp³-hybridized carbons (Fsp3) is 0.500. The van der Waals surface area contributed by atoms with Crippen molar-refractivity contribution in [3.05, 3.63) is 24.5 Å². The number of rotatable bonds is 2. The van der Waals surface area contributed by atoms with Gasteiger partial charge in [-0.1, -0.05) is 6.92 Å². The Morgan fingerprint density at radius 3 is 3.06 bits per heavy atom. The van der Waals surface area contributed by atoms with Crippen LogP contribution in [-0.4, -0.2) is 35.3 Å². The van der Waals surface area contributed by atoms with Crippen LogP contribution in [0.3, 0.4) is 0 Å². The highest BCUT2D eigenvalue weighted by molar-refractivity contribution is 5.65. The van der Waals surface area contributed by atoms with E-state index in [1.165, 1.54) is 0 Å². The topological polar surface area (TPSA) is 65.5 Å². The van der Waals surface area contributed by atoms with E-state index in [-0.39, 0.29) is 6.04 Å². The second-order valence-electron chi connectivity index (χ2n) is 4.60. The average molecular weight is 235 g/mol. The van der Waals surface area contributed by atoms with Crippen molar-refractivity contribution in [2.24, 2.45) is 5.92 Å². The van der Waals surface area contributed by atoms with E-state index in [1.54, 1.807) is 6.20 Å². The summed E-state index contributed by atoms with van der Waals surface area (Å²) in [5, 5.41) is 11.3. The molecule has 0 spiro atoms. The van der Waals surface area contributed by atoms with Gasteiger partial charge in [0, 0.05) is 25.3 Å². The molecule has 1 aromatic rings. The molecule has 2 atom stereocenters. The minimum absolute atomic E-state index is 0.00328. The van der Waals surface area contributed by atoms with E-state index in [0.29, 0.717) is 12.5 Å². The molecule has 0 aromatic carbocycles. The number of nitrogens with zero attached hydrogens (tertiary/aromatic N) is 2. The Morgan fingerprint density at radius 1 is 1.59 bits per heavy atom. The summed E-state index contributed by atoms with van der Waals surface area (Å²) >= 11 is 0. The molecule has 1 aliphatic heterocycles. The highest BCUT2D eigenvalue weighted by Gasteiger charge is 2.25. The molecular weight excluding hydrogens is 218 g/mol. The largest absolute Gasteiger partial charge is 0.465 e. The fourth-order valence-electron chi connectivity index (χ4n) is 2.38. The summed E-state index contributed by atoms with van der Waals surface area (Å²) in [7, 11) is 0. The van der Waals surface area contributed by atoms with Crippen molar-refractivity contribution in [2.75, 3.05) is 18.0 Å². The maximum atomic E-state index is 10.7. The zero-order valence-electron chi connectivity index (χ0n) is 9.84. The lowest BCUT2D eigenvalue weighted by atomic mass is 9.95. The zero-order valence-corrected chi connectivity index (χ0v) is 9.84. The minimum Gasteiger partial charge on any atom is -0.465 e. The van der Waals surface area contributed by atoms with Gasteiger partial charge in [-0.05, 0) is 24.5 Å². The summed E-state index contributed by atoms with van der Waals surface area (Å²) in [5.41, 5.74) is 1.05. The number of aromatic nitrogens is 1. The summed E-state index contributed by atoms with van der Waals surface area (Å²) in [6.45, 7) is 3.80. The molecule has 1 fully saturated rings. The van der Waals surface area contributed by atoms with E-state index >= 15 is 0 Å². The quantitative estimate of drug-likeness (QED) is 0.816. The Bertz CT molecular complexity index is 383. The van der Waals surface area contributed by atoms with E-state index in [2.05, 4.69) is 22.1 Å². The van der Waals surface area contributed by atoms with Crippen LogP contribution in [0.2, 0.25) is 0 Å². The Morgan fingerprint density at radius 2 is 2.41 bits per heavy atom. The number of amides is 1. The Hall–Kier alpha value is -1.78. The third kappa shape index (κ3) is 3.09. The number of carbonyl (C=O) groups is 1. The van der Waals surface area contributed by atoms with Gasteiger partial charge in [-0.2, -0.15) is 0 Å². The van der Waals surface area contributed by atoms with Crippen LogP contribution in [0.25, 0.3) is 0 Å². The summed E-state index contributed by atoms with van der Waals surface area (Å²) in [5.74, 6) is 0.473. The minimum atomic E-state index is -0.949. The van der Waals surface area contributed by atoms with Gasteiger partial charge in [-0.15, -0.1) is 0 Å². The van der Waals surface area contributed by atoms with Gasteiger partial charge in [0.2, 0.25) is 0 Å². The number of piperidine rings is 1. The van der Waals surface area contributed by atoms with Gasteiger partial charge in [0.15, 0.2) is 0 Å². The normalized spacial score (nSPS) is 24.4. The summed E-state index contributed by atoms with van der Waals surface area (Å²) in [4.78, 5) is 17.0. The summed E-state index contributed by atoms with van der Waals surface area (Å²) in [6, 6.07) is 3.90. The highest BCUT2D eigenvalue weighted by Crippen LogP contribution is 2.22. The molecule has 5 heteroatoms. The SMILES string of the molecule is CC1CC(NC(=O)O)CN(c2cccnc2)C1. The first-order valence-corrected chi connectivity index (χ1v) is 5.79. The van der Waals surface area contributed by atoms with Crippen molar-refractivity contribution >= 4 is 11.8 Å². The molecule has 0 radical (unpaired) electrons. The molecule has 2 N–H and O–H groups in total. The fourth-order valence-corrected chi connectivity index (χ4v) is 2.38. The van der Waals surface area contributed by atoms with Crippen LogP contribution in [0, 0.1) is 5.92 Å². The lowest BCUT2D eigenvalue weighted by Crippen LogP contribution is -2.50. The molecule has 1 amide bonds. The van der Waals surface area contributed by atoms with Crippen LogP contribution in [0.4, 0.5) is 10.5 Å². The van der Waals surface area contributed by atoms with E-state index in [1.807, 2.05) is 18.3 Å². The van der Waals surface area contributed by atoms with Crippen molar-refractivity contribution in [1.29, 1.82) is 0 Å². The lowest BCUT2D eigenvalue weighted by Gasteiger charge is -2.37. The van der Waals surface area contributed by atoms with Crippen molar-refractivity contribution < 1.29 is 9.90 Å². The number of nitrogens with one attached hydrogen (secondary N) is 1. The molecule has 0 aliphatic carbocycles. The zero-order chi connectivity index (χ0) is 12.3. The number of carboxylic acid groups (broad SMARTS) is 1. The van der Waals surface area contributed by atoms with Crippen LogP contribution in [0.5, 0.6) is 0 Å². The first-order chi connectivity index (χ1) is 8.15. The van der Waals surface area contributed by atoms with Gasteiger partial charge in [0.05, 0.1) is 11.9 Å². The Balaban J connectivity index is 2.06. The average Bonchev–Trinajstić information content (AvgIpc) is 2.28. The molecule has 2 rings (SSSR count). The molecular formula is C12H17N3O2. The number of anilines is 1. The van der Waals surface area contributed by atoms with Gasteiger partial charge in [-0.25, -0.2) is 4.79 Å². The van der Waals surface area contributed by atoms with Crippen molar-refractivity contribution in [3.63, 3.8) is 0 Å². The monoisotopic (exact) mass is 235 g/mol. The smallest absolute Gasteiger partial charge is 0.404 e. The van der Waals surface area contributed by atoms with Gasteiger partial charge >= 0.3 is 6.09 Å². The lowest BCUT2D eigenvalue weighted by molar-refractivity contribution is 0.186. The molecule has 2 unspecified atom stereocenters. The highest BCUT2D eigenvalue weighted by atomic mass is 16.4. The van der Waals surface area contributed by atoms with Gasteiger partial charge < -0.3 is 15.3 Å². The predicted molar refractivity (Wildman–Crippen MR) is 65.2 cm³/mol. The van der Waals surface area contributed by atoms with E-state index in [0.717, 1.165) is 18.7 Å². The molecule has 17 heavy (non-hydrogen) atoms. The van der Waals surface area contributed by atoms with Crippen molar-refractivity contribution in [3.8, 4) is 0 Å². The van der Waals surface area contributed by atoms with E-state index in [9.17, 15) is 4.79 Å². The molecule has 92 valence electrons. The van der Waals surface area contributed by atoms with Crippen molar-refractivity contribution in [2.45, 2.75) is 19.4 Å². The molecule has 0 saturated carbocycles. The standard InChI is InChI=1S/C12H17N3O2/c1-9-5-10(14-12(16)17)8-15(7-9)11-3-2-4-13-6-11/h2-4,6,9-10,14H,5,7-8H2,1H3,(H,16,17). The molecule has 0 bridgehead atoms. The first-order valence-electron chi connectivity index (χ1n) is 5.79. The third-order valence-corrected chi connectivity index (χ3v) is 3.00. The predicted octanol–water partition coefficient (Wildman–Crippen LogP) is 1.56. The summed E-state index contributed by atoms with van der Waals surface area (Å²) < 4.78 is 0.